The zero-order chi connectivity index (χ0) is 23.9. The van der Waals surface area contributed by atoms with Gasteiger partial charge in [0.2, 0.25) is 10.0 Å². The van der Waals surface area contributed by atoms with Crippen molar-refractivity contribution in [2.24, 2.45) is 5.92 Å². The molecule has 0 bridgehead atoms. The van der Waals surface area contributed by atoms with Gasteiger partial charge in [0.25, 0.3) is 0 Å². The summed E-state index contributed by atoms with van der Waals surface area (Å²) in [7, 11) is -4.97. The van der Waals surface area contributed by atoms with Gasteiger partial charge < -0.3 is 4.74 Å². The monoisotopic (exact) mass is 591 g/mol. The van der Waals surface area contributed by atoms with Crippen molar-refractivity contribution in [3.05, 3.63) is 39.1 Å². The molecule has 1 aromatic rings. The summed E-state index contributed by atoms with van der Waals surface area (Å²) in [5.74, 6) is 0.0804. The van der Waals surface area contributed by atoms with Crippen LogP contribution in [0.2, 0.25) is 18.1 Å². The Morgan fingerprint density at radius 2 is 1.69 bits per heavy atom. The molecule has 1 heterocycles. The molecule has 1 fully saturated rings. The maximum Gasteiger partial charge on any atom is 0.303 e. The Morgan fingerprint density at radius 1 is 1.16 bits per heavy atom. The van der Waals surface area contributed by atoms with E-state index in [0.717, 1.165) is 24.8 Å². The number of nitrogens with zero attached hydrogens (tertiary/aromatic N) is 1. The molecule has 0 unspecified atom stereocenters. The minimum Gasteiger partial charge on any atom is -0.458 e. The molecule has 0 radical (unpaired) electrons. The lowest BCUT2D eigenvalue weighted by Crippen LogP contribution is -2.39. The fraction of sp³-hybridized carbons (Fsp3) is 0.625. The summed E-state index contributed by atoms with van der Waals surface area (Å²) in [6, 6.07) is 10.6. The van der Waals surface area contributed by atoms with Gasteiger partial charge >= 0.3 is 5.97 Å². The molecule has 0 aliphatic carbocycles. The van der Waals surface area contributed by atoms with Crippen LogP contribution in [0, 0.1) is 12.8 Å². The average molecular weight is 592 g/mol. The van der Waals surface area contributed by atoms with Crippen molar-refractivity contribution in [3.8, 4) is 0 Å². The summed E-state index contributed by atoms with van der Waals surface area (Å²) >= 11 is 2.48. The smallest absolute Gasteiger partial charge is 0.303 e. The third kappa shape index (κ3) is 6.90. The Kier molecular flexibility index (Phi) is 10.4. The Morgan fingerprint density at radius 3 is 2.16 bits per heavy atom. The highest BCUT2D eigenvalue weighted by Crippen LogP contribution is 2.35. The summed E-state index contributed by atoms with van der Waals surface area (Å²) in [6.45, 7) is 11.3. The van der Waals surface area contributed by atoms with Gasteiger partial charge in [-0.15, -0.1) is 0 Å². The number of hydrogen-bond donors (Lipinski definition) is 0. The first kappa shape index (κ1) is 27.5. The molecule has 1 aromatic carbocycles. The van der Waals surface area contributed by atoms with Crippen LogP contribution in [0.3, 0.4) is 0 Å². The second-order valence-corrected chi connectivity index (χ2v) is 18.2. The third-order valence-corrected chi connectivity index (χ3v) is 17.9. The minimum absolute atomic E-state index is 0.235. The molecule has 180 valence electrons. The lowest BCUT2D eigenvalue weighted by atomic mass is 9.92. The second kappa shape index (κ2) is 12.1. The van der Waals surface area contributed by atoms with Crippen LogP contribution in [0.25, 0.3) is 0 Å². The molecular weight excluding hydrogens is 553 g/mol. The van der Waals surface area contributed by atoms with E-state index in [9.17, 15) is 13.2 Å². The average Bonchev–Trinajstić information content (AvgIpc) is 2.75. The van der Waals surface area contributed by atoms with E-state index in [1.807, 2.05) is 19.1 Å². The molecule has 1 aliphatic heterocycles. The van der Waals surface area contributed by atoms with E-state index in [1.54, 1.807) is 16.4 Å². The van der Waals surface area contributed by atoms with E-state index in [4.69, 9.17) is 4.74 Å². The fourth-order valence-electron chi connectivity index (χ4n) is 4.53. The molecule has 8 heteroatoms. The van der Waals surface area contributed by atoms with E-state index in [1.165, 1.54) is 28.3 Å². The quantitative estimate of drug-likeness (QED) is 0.188. The standard InChI is InChI=1S/C24H38INO4SSi/c1-6-32(7-2,8-3)24(25)18-22(30-20(5)27)17-21-13-15-26(16-14-21)31(28,29)23-11-9-19(4)10-12-23/h9-12,18,21-22H,6-8,13-17H2,1-5H3/b24-18+/t22-/m1/s1. The van der Waals surface area contributed by atoms with Gasteiger partial charge in [-0.25, -0.2) is 8.42 Å². The molecular formula is C24H38INO4SSi. The number of ether oxygens (including phenoxy) is 1. The fourth-order valence-corrected chi connectivity index (χ4v) is 12.9. The molecule has 0 saturated carbocycles. The summed E-state index contributed by atoms with van der Waals surface area (Å²) in [6.07, 6.45) is 4.28. The molecule has 0 aromatic heterocycles. The van der Waals surface area contributed by atoms with E-state index in [-0.39, 0.29) is 12.1 Å². The van der Waals surface area contributed by atoms with Crippen LogP contribution < -0.4 is 0 Å². The Labute approximate surface area is 209 Å². The van der Waals surface area contributed by atoms with Crippen molar-refractivity contribution >= 4 is 46.7 Å². The summed E-state index contributed by atoms with van der Waals surface area (Å²) in [5.41, 5.74) is 1.04. The van der Waals surface area contributed by atoms with Crippen LogP contribution in [0.15, 0.2) is 38.4 Å². The number of rotatable bonds is 10. The van der Waals surface area contributed by atoms with Gasteiger partial charge in [0.05, 0.1) is 13.0 Å². The maximum atomic E-state index is 13.0. The minimum atomic E-state index is -3.46. The molecule has 2 rings (SSSR count). The Bertz CT molecular complexity index is 881. The van der Waals surface area contributed by atoms with E-state index in [2.05, 4.69) is 49.4 Å². The highest BCUT2D eigenvalue weighted by Gasteiger charge is 2.33. The first-order chi connectivity index (χ1) is 15.1. The summed E-state index contributed by atoms with van der Waals surface area (Å²) < 4.78 is 34.6. The van der Waals surface area contributed by atoms with Gasteiger partial charge in [0.15, 0.2) is 0 Å². The number of hydrogen-bond acceptors (Lipinski definition) is 4. The normalized spacial score (nSPS) is 17.9. The van der Waals surface area contributed by atoms with E-state index in [0.29, 0.717) is 23.9 Å². The first-order valence-electron chi connectivity index (χ1n) is 11.7. The highest BCUT2D eigenvalue weighted by molar-refractivity contribution is 14.1. The first-order valence-corrected chi connectivity index (χ1v) is 16.8. The predicted octanol–water partition coefficient (Wildman–Crippen LogP) is 6.08. The van der Waals surface area contributed by atoms with Gasteiger partial charge in [0, 0.05) is 20.0 Å². The largest absolute Gasteiger partial charge is 0.458 e. The number of carbonyl (C=O) groups is 1. The topological polar surface area (TPSA) is 63.7 Å². The van der Waals surface area contributed by atoms with Crippen LogP contribution in [0.4, 0.5) is 0 Å². The lowest BCUT2D eigenvalue weighted by molar-refractivity contribution is -0.144. The molecule has 1 aliphatic rings. The zero-order valence-electron chi connectivity index (χ0n) is 20.1. The number of carbonyl (C=O) groups excluding carboxylic acids is 1. The van der Waals surface area contributed by atoms with Crippen LogP contribution in [-0.4, -0.2) is 46.0 Å². The Hall–Kier alpha value is -0.713. The zero-order valence-corrected chi connectivity index (χ0v) is 24.0. The predicted molar refractivity (Wildman–Crippen MR) is 142 cm³/mol. The third-order valence-electron chi connectivity index (χ3n) is 6.98. The van der Waals surface area contributed by atoms with Gasteiger partial charge in [-0.1, -0.05) is 79.2 Å². The number of halogens is 1. The van der Waals surface area contributed by atoms with Crippen molar-refractivity contribution in [2.75, 3.05) is 13.1 Å². The molecule has 0 spiro atoms. The molecule has 1 saturated heterocycles. The summed E-state index contributed by atoms with van der Waals surface area (Å²) in [5, 5.41) is 0. The molecule has 32 heavy (non-hydrogen) atoms. The second-order valence-electron chi connectivity index (χ2n) is 8.90. The van der Waals surface area contributed by atoms with Crippen molar-refractivity contribution in [1.82, 2.24) is 4.31 Å². The molecule has 0 N–H and O–H groups in total. The highest BCUT2D eigenvalue weighted by atomic mass is 127. The summed E-state index contributed by atoms with van der Waals surface area (Å²) in [4.78, 5) is 12.1. The number of piperidine rings is 1. The van der Waals surface area contributed by atoms with Crippen LogP contribution in [0.1, 0.15) is 52.5 Å². The number of esters is 1. The van der Waals surface area contributed by atoms with Gasteiger partial charge in [-0.3, -0.25) is 4.79 Å². The van der Waals surface area contributed by atoms with Crippen LogP contribution in [-0.2, 0) is 19.6 Å². The van der Waals surface area contributed by atoms with Crippen molar-refractivity contribution in [1.29, 1.82) is 0 Å². The molecule has 5 nitrogen and oxygen atoms in total. The van der Waals surface area contributed by atoms with E-state index < -0.39 is 18.1 Å². The number of aryl methyl sites for hydroxylation is 1. The number of benzene rings is 1. The van der Waals surface area contributed by atoms with Gasteiger partial charge in [-0.05, 0) is 53.5 Å². The molecule has 1 atom stereocenters. The van der Waals surface area contributed by atoms with E-state index >= 15 is 0 Å². The number of sulfonamides is 1. The van der Waals surface area contributed by atoms with Gasteiger partial charge in [0.1, 0.15) is 6.10 Å². The van der Waals surface area contributed by atoms with Crippen molar-refractivity contribution in [2.45, 2.75) is 83.0 Å². The lowest BCUT2D eigenvalue weighted by Gasteiger charge is -2.33. The van der Waals surface area contributed by atoms with Crippen molar-refractivity contribution < 1.29 is 17.9 Å². The maximum absolute atomic E-state index is 13.0. The van der Waals surface area contributed by atoms with Crippen molar-refractivity contribution in [3.63, 3.8) is 0 Å². The Balaban J connectivity index is 2.08. The van der Waals surface area contributed by atoms with Gasteiger partial charge in [-0.2, -0.15) is 4.31 Å². The molecule has 0 amide bonds. The SMILES string of the molecule is CC[Si](CC)(CC)/C(I)=C/[C@@H](CC1CCN(S(=O)(=O)c2ccc(C)cc2)CC1)OC(C)=O. The van der Waals surface area contributed by atoms with Crippen LogP contribution >= 0.6 is 22.6 Å². The van der Waals surface area contributed by atoms with Crippen LogP contribution in [0.5, 0.6) is 0 Å².